The molecule has 1 rings (SSSR count). The molecular weight excluding hydrogens is 226 g/mol. The van der Waals surface area contributed by atoms with Crippen molar-refractivity contribution in [2.24, 2.45) is 0 Å². The molecule has 1 N–H and O–H groups in total. The third-order valence-electron chi connectivity index (χ3n) is 2.46. The fraction of sp³-hybridized carbons (Fsp3) is 0.400. The number of rotatable bonds is 4. The molecule has 0 saturated heterocycles. The molecule has 0 spiro atoms. The Morgan fingerprint density at radius 2 is 2.18 bits per heavy atom. The minimum Gasteiger partial charge on any atom is -0.480 e. The molecule has 1 aromatic heterocycles. The van der Waals surface area contributed by atoms with Crippen LogP contribution in [0.4, 0.5) is 11.5 Å². The van der Waals surface area contributed by atoms with Gasteiger partial charge in [0.2, 0.25) is 5.82 Å². The summed E-state index contributed by atoms with van der Waals surface area (Å²) in [6, 6.07) is 1.95. The average molecular weight is 239 g/mol. The van der Waals surface area contributed by atoms with Gasteiger partial charge in [-0.25, -0.2) is 9.78 Å². The van der Waals surface area contributed by atoms with E-state index in [9.17, 15) is 14.9 Å². The largest absolute Gasteiger partial charge is 0.480 e. The Morgan fingerprint density at radius 3 is 2.65 bits per heavy atom. The van der Waals surface area contributed by atoms with E-state index in [2.05, 4.69) is 4.98 Å². The van der Waals surface area contributed by atoms with Gasteiger partial charge in [-0.3, -0.25) is 10.1 Å². The standard InChI is InChI=1S/C10H13N3O4/c1-6-4-5-8(13(16)17)9(11-6)12(3)7(2)10(14)15/h4-5,7H,1-3H3,(H,14,15). The number of hydrogen-bond acceptors (Lipinski definition) is 5. The topological polar surface area (TPSA) is 96.6 Å². The van der Waals surface area contributed by atoms with E-state index < -0.39 is 16.9 Å². The Bertz CT molecular complexity index is 461. The van der Waals surface area contributed by atoms with Crippen molar-refractivity contribution >= 4 is 17.5 Å². The number of hydrogen-bond donors (Lipinski definition) is 1. The van der Waals surface area contributed by atoms with Crippen LogP contribution in [-0.4, -0.2) is 34.1 Å². The highest BCUT2D eigenvalue weighted by atomic mass is 16.6. The maximum absolute atomic E-state index is 10.8. The highest BCUT2D eigenvalue weighted by Crippen LogP contribution is 2.26. The second-order valence-electron chi connectivity index (χ2n) is 3.68. The number of carboxylic acids is 1. The molecule has 17 heavy (non-hydrogen) atoms. The normalized spacial score (nSPS) is 11.9. The zero-order chi connectivity index (χ0) is 13.2. The molecule has 0 aliphatic carbocycles. The highest BCUT2D eigenvalue weighted by molar-refractivity contribution is 5.78. The molecule has 0 aliphatic heterocycles. The number of nitro groups is 1. The summed E-state index contributed by atoms with van der Waals surface area (Å²) in [5.41, 5.74) is 0.390. The molecule has 7 heteroatoms. The lowest BCUT2D eigenvalue weighted by atomic mass is 10.2. The second-order valence-corrected chi connectivity index (χ2v) is 3.68. The fourth-order valence-electron chi connectivity index (χ4n) is 1.29. The van der Waals surface area contributed by atoms with Gasteiger partial charge in [0.15, 0.2) is 0 Å². The molecule has 0 radical (unpaired) electrons. The summed E-state index contributed by atoms with van der Waals surface area (Å²) in [4.78, 5) is 26.4. The number of aliphatic carboxylic acids is 1. The third kappa shape index (κ3) is 2.68. The highest BCUT2D eigenvalue weighted by Gasteiger charge is 2.25. The predicted octanol–water partition coefficient (Wildman–Crippen LogP) is 1.21. The Balaban J connectivity index is 3.23. The van der Waals surface area contributed by atoms with E-state index in [0.717, 1.165) is 0 Å². The number of aromatic nitrogens is 1. The molecule has 0 aromatic carbocycles. The fourth-order valence-corrected chi connectivity index (χ4v) is 1.29. The van der Waals surface area contributed by atoms with E-state index >= 15 is 0 Å². The first-order valence-corrected chi connectivity index (χ1v) is 4.92. The molecule has 92 valence electrons. The van der Waals surface area contributed by atoms with Crippen LogP contribution in [0.25, 0.3) is 0 Å². The number of likely N-dealkylation sites (N-methyl/N-ethyl adjacent to an activating group) is 1. The zero-order valence-corrected chi connectivity index (χ0v) is 9.75. The number of nitrogens with zero attached hydrogens (tertiary/aromatic N) is 3. The van der Waals surface area contributed by atoms with E-state index in [-0.39, 0.29) is 11.5 Å². The zero-order valence-electron chi connectivity index (χ0n) is 9.75. The van der Waals surface area contributed by atoms with Gasteiger partial charge in [-0.15, -0.1) is 0 Å². The van der Waals surface area contributed by atoms with Crippen molar-refractivity contribution in [2.45, 2.75) is 19.9 Å². The van der Waals surface area contributed by atoms with Gasteiger partial charge in [0.05, 0.1) is 4.92 Å². The van der Waals surface area contributed by atoms with Gasteiger partial charge < -0.3 is 10.0 Å². The lowest BCUT2D eigenvalue weighted by Crippen LogP contribution is -2.36. The van der Waals surface area contributed by atoms with Crippen molar-refractivity contribution in [3.05, 3.63) is 27.9 Å². The van der Waals surface area contributed by atoms with Gasteiger partial charge in [0.25, 0.3) is 0 Å². The lowest BCUT2D eigenvalue weighted by molar-refractivity contribution is -0.384. The Morgan fingerprint density at radius 1 is 1.59 bits per heavy atom. The molecular formula is C10H13N3O4. The summed E-state index contributed by atoms with van der Waals surface area (Å²) in [6.07, 6.45) is 0. The van der Waals surface area contributed by atoms with Crippen LogP contribution >= 0.6 is 0 Å². The van der Waals surface area contributed by atoms with Crippen LogP contribution in [0.2, 0.25) is 0 Å². The summed E-state index contributed by atoms with van der Waals surface area (Å²) in [7, 11) is 1.47. The minimum atomic E-state index is -1.06. The van der Waals surface area contributed by atoms with E-state index in [1.165, 1.54) is 31.0 Å². The van der Waals surface area contributed by atoms with Crippen LogP contribution in [0, 0.1) is 17.0 Å². The van der Waals surface area contributed by atoms with Crippen LogP contribution in [0.15, 0.2) is 12.1 Å². The van der Waals surface area contributed by atoms with Crippen LogP contribution in [0.3, 0.4) is 0 Å². The van der Waals surface area contributed by atoms with Gasteiger partial charge >= 0.3 is 11.7 Å². The van der Waals surface area contributed by atoms with Gasteiger partial charge in [-0.2, -0.15) is 0 Å². The number of anilines is 1. The molecule has 1 aromatic rings. The van der Waals surface area contributed by atoms with Crippen molar-refractivity contribution in [2.75, 3.05) is 11.9 Å². The lowest BCUT2D eigenvalue weighted by Gasteiger charge is -2.22. The van der Waals surface area contributed by atoms with E-state index in [1.807, 2.05) is 0 Å². The first kappa shape index (κ1) is 12.9. The van der Waals surface area contributed by atoms with Crippen molar-refractivity contribution < 1.29 is 14.8 Å². The molecule has 0 fully saturated rings. The monoisotopic (exact) mass is 239 g/mol. The smallest absolute Gasteiger partial charge is 0.326 e. The molecule has 0 aliphatic rings. The maximum Gasteiger partial charge on any atom is 0.326 e. The van der Waals surface area contributed by atoms with Crippen molar-refractivity contribution in [1.29, 1.82) is 0 Å². The Hall–Kier alpha value is -2.18. The van der Waals surface area contributed by atoms with Crippen molar-refractivity contribution in [3.63, 3.8) is 0 Å². The molecule has 0 saturated carbocycles. The number of aryl methyl sites for hydroxylation is 1. The summed E-state index contributed by atoms with van der Waals surface area (Å²) < 4.78 is 0. The van der Waals surface area contributed by atoms with E-state index in [1.54, 1.807) is 6.92 Å². The van der Waals surface area contributed by atoms with Crippen molar-refractivity contribution in [1.82, 2.24) is 4.98 Å². The predicted molar refractivity (Wildman–Crippen MR) is 61.1 cm³/mol. The maximum atomic E-state index is 10.8. The van der Waals surface area contributed by atoms with Gasteiger partial charge in [0, 0.05) is 18.8 Å². The molecule has 1 atom stereocenters. The van der Waals surface area contributed by atoms with Crippen molar-refractivity contribution in [3.8, 4) is 0 Å². The number of carboxylic acid groups (broad SMARTS) is 1. The van der Waals surface area contributed by atoms with E-state index in [0.29, 0.717) is 5.69 Å². The Labute approximate surface area is 97.8 Å². The molecule has 0 amide bonds. The summed E-state index contributed by atoms with van der Waals surface area (Å²) in [6.45, 7) is 3.13. The second kappa shape index (κ2) is 4.77. The molecule has 0 bridgehead atoms. The summed E-state index contributed by atoms with van der Waals surface area (Å²) in [5, 5.41) is 19.7. The van der Waals surface area contributed by atoms with Crippen LogP contribution < -0.4 is 4.90 Å². The summed E-state index contributed by atoms with van der Waals surface area (Å²) >= 11 is 0. The first-order valence-electron chi connectivity index (χ1n) is 4.92. The van der Waals surface area contributed by atoms with E-state index in [4.69, 9.17) is 5.11 Å². The number of pyridine rings is 1. The quantitative estimate of drug-likeness (QED) is 0.626. The van der Waals surface area contributed by atoms with Crippen LogP contribution in [0.1, 0.15) is 12.6 Å². The van der Waals surface area contributed by atoms with Gasteiger partial charge in [-0.1, -0.05) is 0 Å². The van der Waals surface area contributed by atoms with Gasteiger partial charge in [0.1, 0.15) is 6.04 Å². The SMILES string of the molecule is Cc1ccc([N+](=O)[O-])c(N(C)C(C)C(=O)O)n1. The first-order chi connectivity index (χ1) is 7.84. The molecule has 1 unspecified atom stereocenters. The molecule has 7 nitrogen and oxygen atoms in total. The molecule has 1 heterocycles. The average Bonchev–Trinajstić information content (AvgIpc) is 2.26. The van der Waals surface area contributed by atoms with Crippen LogP contribution in [0.5, 0.6) is 0 Å². The van der Waals surface area contributed by atoms with Gasteiger partial charge in [-0.05, 0) is 19.9 Å². The third-order valence-corrected chi connectivity index (χ3v) is 2.46. The Kier molecular flexibility index (Phi) is 3.62. The van der Waals surface area contributed by atoms with Crippen LogP contribution in [-0.2, 0) is 4.79 Å². The number of carbonyl (C=O) groups is 1. The minimum absolute atomic E-state index is 0.0601. The summed E-state index contributed by atoms with van der Waals surface area (Å²) in [5.74, 6) is -1.00.